The molecule has 0 aliphatic carbocycles. The monoisotopic (exact) mass is 292 g/mol. The van der Waals surface area contributed by atoms with Crippen LogP contribution in [0.4, 0.5) is 0 Å². The molecule has 2 rings (SSSR count). The van der Waals surface area contributed by atoms with Crippen LogP contribution in [0, 0.1) is 6.92 Å². The van der Waals surface area contributed by atoms with E-state index in [0.717, 1.165) is 0 Å². The number of hydrogen-bond acceptors (Lipinski definition) is 7. The number of hydrogen-bond donors (Lipinski definition) is 0. The van der Waals surface area contributed by atoms with Crippen LogP contribution in [0.3, 0.4) is 0 Å². The quantitative estimate of drug-likeness (QED) is 0.749. The van der Waals surface area contributed by atoms with Gasteiger partial charge in [0.1, 0.15) is 11.5 Å². The fourth-order valence-corrected chi connectivity index (χ4v) is 1.75. The largest absolute Gasteiger partial charge is 0.497 e. The summed E-state index contributed by atoms with van der Waals surface area (Å²) in [5.74, 6) is 1.58. The first-order valence-electron chi connectivity index (χ1n) is 6.28. The van der Waals surface area contributed by atoms with Crippen LogP contribution in [0.5, 0.6) is 11.5 Å². The van der Waals surface area contributed by atoms with Gasteiger partial charge in [0.25, 0.3) is 5.89 Å². The highest BCUT2D eigenvalue weighted by molar-refractivity contribution is 5.73. The Hall–Kier alpha value is -2.57. The summed E-state index contributed by atoms with van der Waals surface area (Å²) in [5.41, 5.74) is 0.713. The molecule has 2 aromatic rings. The molecule has 0 saturated heterocycles. The molecule has 1 aromatic heterocycles. The van der Waals surface area contributed by atoms with Gasteiger partial charge >= 0.3 is 5.97 Å². The average molecular weight is 292 g/mol. The Morgan fingerprint density at radius 2 is 2.10 bits per heavy atom. The maximum absolute atomic E-state index is 11.8. The molecule has 0 aliphatic heterocycles. The highest BCUT2D eigenvalue weighted by atomic mass is 16.6. The molecule has 7 heteroatoms. The first kappa shape index (κ1) is 14.8. The summed E-state index contributed by atoms with van der Waals surface area (Å²) in [5, 5.41) is 3.61. The zero-order valence-electron chi connectivity index (χ0n) is 12.1. The van der Waals surface area contributed by atoms with Crippen molar-refractivity contribution in [2.24, 2.45) is 0 Å². The van der Waals surface area contributed by atoms with Crippen LogP contribution < -0.4 is 9.47 Å². The van der Waals surface area contributed by atoms with Gasteiger partial charge in [0, 0.05) is 11.6 Å². The molecule has 0 fully saturated rings. The van der Waals surface area contributed by atoms with Gasteiger partial charge in [0.2, 0.25) is 0 Å². The summed E-state index contributed by atoms with van der Waals surface area (Å²) < 4.78 is 20.3. The third-order valence-electron chi connectivity index (χ3n) is 2.76. The molecule has 0 bridgehead atoms. The second-order valence-corrected chi connectivity index (χ2v) is 4.25. The van der Waals surface area contributed by atoms with Gasteiger partial charge in [0.05, 0.1) is 20.6 Å². The standard InChI is InChI=1S/C14H16N2O5/c1-9-15-13(21-16-9)8-20-14(17)6-10-4-5-11(18-2)7-12(10)19-3/h4-5,7H,6,8H2,1-3H3. The van der Waals surface area contributed by atoms with Gasteiger partial charge < -0.3 is 18.7 Å². The van der Waals surface area contributed by atoms with Gasteiger partial charge in [0.15, 0.2) is 12.4 Å². The topological polar surface area (TPSA) is 83.7 Å². The normalized spacial score (nSPS) is 10.2. The fourth-order valence-electron chi connectivity index (χ4n) is 1.75. The summed E-state index contributed by atoms with van der Waals surface area (Å²) in [6, 6.07) is 5.23. The van der Waals surface area contributed by atoms with Crippen molar-refractivity contribution >= 4 is 5.97 Å². The summed E-state index contributed by atoms with van der Waals surface area (Å²) in [6.45, 7) is 1.65. The second-order valence-electron chi connectivity index (χ2n) is 4.25. The highest BCUT2D eigenvalue weighted by Crippen LogP contribution is 2.25. The van der Waals surface area contributed by atoms with Gasteiger partial charge in [-0.25, -0.2) is 0 Å². The van der Waals surface area contributed by atoms with E-state index in [2.05, 4.69) is 10.1 Å². The molecule has 0 N–H and O–H groups in total. The number of nitrogens with zero attached hydrogens (tertiary/aromatic N) is 2. The lowest BCUT2D eigenvalue weighted by Gasteiger charge is -2.09. The molecule has 0 saturated carbocycles. The lowest BCUT2D eigenvalue weighted by Crippen LogP contribution is -2.09. The third-order valence-corrected chi connectivity index (χ3v) is 2.76. The zero-order valence-corrected chi connectivity index (χ0v) is 12.1. The van der Waals surface area contributed by atoms with E-state index in [1.54, 1.807) is 32.2 Å². The number of aromatic nitrogens is 2. The van der Waals surface area contributed by atoms with Gasteiger partial charge in [-0.15, -0.1) is 0 Å². The first-order valence-corrected chi connectivity index (χ1v) is 6.28. The smallest absolute Gasteiger partial charge is 0.310 e. The highest BCUT2D eigenvalue weighted by Gasteiger charge is 2.12. The fraction of sp³-hybridized carbons (Fsp3) is 0.357. The van der Waals surface area contributed by atoms with Crippen LogP contribution in [0.25, 0.3) is 0 Å². The molecule has 0 unspecified atom stereocenters. The average Bonchev–Trinajstić information content (AvgIpc) is 2.91. The number of aryl methyl sites for hydroxylation is 1. The van der Waals surface area contributed by atoms with E-state index >= 15 is 0 Å². The van der Waals surface area contributed by atoms with Crippen LogP contribution in [-0.2, 0) is 22.6 Å². The summed E-state index contributed by atoms with van der Waals surface area (Å²) >= 11 is 0. The minimum atomic E-state index is -0.408. The van der Waals surface area contributed by atoms with Crippen molar-refractivity contribution in [1.29, 1.82) is 0 Å². The van der Waals surface area contributed by atoms with Crippen molar-refractivity contribution in [3.8, 4) is 11.5 Å². The molecule has 21 heavy (non-hydrogen) atoms. The first-order chi connectivity index (χ1) is 10.1. The molecular formula is C14H16N2O5. The Labute approximate surface area is 121 Å². The van der Waals surface area contributed by atoms with Crippen LogP contribution in [0.2, 0.25) is 0 Å². The maximum atomic E-state index is 11.8. The number of esters is 1. The van der Waals surface area contributed by atoms with E-state index in [0.29, 0.717) is 22.9 Å². The number of rotatable bonds is 6. The molecule has 7 nitrogen and oxygen atoms in total. The van der Waals surface area contributed by atoms with Gasteiger partial charge in [-0.1, -0.05) is 11.2 Å². The van der Waals surface area contributed by atoms with E-state index in [1.165, 1.54) is 7.11 Å². The minimum Gasteiger partial charge on any atom is -0.497 e. The van der Waals surface area contributed by atoms with Gasteiger partial charge in [-0.3, -0.25) is 4.79 Å². The molecule has 1 aromatic carbocycles. The lowest BCUT2D eigenvalue weighted by molar-refractivity contribution is -0.144. The van der Waals surface area contributed by atoms with E-state index < -0.39 is 5.97 Å². The Morgan fingerprint density at radius 3 is 2.71 bits per heavy atom. The SMILES string of the molecule is COc1ccc(CC(=O)OCc2nc(C)no2)c(OC)c1. The molecule has 0 spiro atoms. The van der Waals surface area contributed by atoms with E-state index in [4.69, 9.17) is 18.7 Å². The van der Waals surface area contributed by atoms with Crippen molar-refractivity contribution in [3.63, 3.8) is 0 Å². The summed E-state index contributed by atoms with van der Waals surface area (Å²) in [7, 11) is 3.10. The number of methoxy groups -OCH3 is 2. The van der Waals surface area contributed by atoms with Crippen LogP contribution in [-0.4, -0.2) is 30.3 Å². The molecule has 0 aliphatic rings. The predicted molar refractivity (Wildman–Crippen MR) is 72.1 cm³/mol. The molecule has 0 amide bonds. The van der Waals surface area contributed by atoms with Crippen molar-refractivity contribution < 1.29 is 23.5 Å². The second kappa shape index (κ2) is 6.74. The Bertz CT molecular complexity index is 624. The van der Waals surface area contributed by atoms with Gasteiger partial charge in [-0.05, 0) is 13.0 Å². The Balaban J connectivity index is 1.95. The molecular weight excluding hydrogens is 276 g/mol. The van der Waals surface area contributed by atoms with E-state index in [9.17, 15) is 4.79 Å². The number of carbonyl (C=O) groups is 1. The minimum absolute atomic E-state index is 0.0435. The maximum Gasteiger partial charge on any atom is 0.310 e. The van der Waals surface area contributed by atoms with Crippen LogP contribution in [0.1, 0.15) is 17.3 Å². The van der Waals surface area contributed by atoms with Gasteiger partial charge in [-0.2, -0.15) is 4.98 Å². The Morgan fingerprint density at radius 1 is 1.29 bits per heavy atom. The Kier molecular flexibility index (Phi) is 4.76. The molecule has 0 atom stereocenters. The molecule has 112 valence electrons. The number of benzene rings is 1. The third kappa shape index (κ3) is 3.95. The van der Waals surface area contributed by atoms with E-state index in [-0.39, 0.29) is 18.9 Å². The summed E-state index contributed by atoms with van der Waals surface area (Å²) in [4.78, 5) is 15.8. The van der Waals surface area contributed by atoms with E-state index in [1.807, 2.05) is 0 Å². The molecule has 1 heterocycles. The van der Waals surface area contributed by atoms with Crippen molar-refractivity contribution in [2.75, 3.05) is 14.2 Å². The zero-order chi connectivity index (χ0) is 15.2. The summed E-state index contributed by atoms with van der Waals surface area (Å²) in [6.07, 6.45) is 0.0836. The van der Waals surface area contributed by atoms with Crippen LogP contribution in [0.15, 0.2) is 22.7 Å². The number of carbonyl (C=O) groups excluding carboxylic acids is 1. The molecule has 0 radical (unpaired) electrons. The predicted octanol–water partition coefficient (Wildman–Crippen LogP) is 1.68. The van der Waals surface area contributed by atoms with Crippen molar-refractivity contribution in [2.45, 2.75) is 20.0 Å². The lowest BCUT2D eigenvalue weighted by atomic mass is 10.1. The van der Waals surface area contributed by atoms with Crippen molar-refractivity contribution in [1.82, 2.24) is 10.1 Å². The number of ether oxygens (including phenoxy) is 3. The van der Waals surface area contributed by atoms with Crippen molar-refractivity contribution in [3.05, 3.63) is 35.5 Å². The van der Waals surface area contributed by atoms with Crippen LogP contribution >= 0.6 is 0 Å².